The van der Waals surface area contributed by atoms with Crippen molar-refractivity contribution in [2.75, 3.05) is 0 Å². The molecule has 0 bridgehead atoms. The standard InChI is InChI=1S/C22H26ClF2N/c1-2-3-15-4-6-16(7-5-15)8-9-17-10-12-18(13-11-17)19-14-20(24)22(25)26-21(19)23/h10-16H,2-9H2,1H3/t15-,16-. The van der Waals surface area contributed by atoms with Crippen LogP contribution in [0.15, 0.2) is 30.3 Å². The number of pyridine rings is 1. The summed E-state index contributed by atoms with van der Waals surface area (Å²) in [6.07, 6.45) is 10.5. The van der Waals surface area contributed by atoms with Crippen LogP contribution in [0.2, 0.25) is 5.15 Å². The van der Waals surface area contributed by atoms with E-state index in [0.29, 0.717) is 5.56 Å². The lowest BCUT2D eigenvalue weighted by atomic mass is 9.78. The second-order valence-corrected chi connectivity index (χ2v) is 7.87. The van der Waals surface area contributed by atoms with Gasteiger partial charge in [-0.3, -0.25) is 0 Å². The summed E-state index contributed by atoms with van der Waals surface area (Å²) >= 11 is 5.95. The van der Waals surface area contributed by atoms with Crippen molar-refractivity contribution in [3.8, 4) is 11.1 Å². The summed E-state index contributed by atoms with van der Waals surface area (Å²) < 4.78 is 26.5. The second-order valence-electron chi connectivity index (χ2n) is 7.51. The van der Waals surface area contributed by atoms with Crippen LogP contribution in [0.25, 0.3) is 11.1 Å². The maximum Gasteiger partial charge on any atom is 0.250 e. The van der Waals surface area contributed by atoms with Gasteiger partial charge in [0.1, 0.15) is 5.15 Å². The SMILES string of the molecule is CCC[C@H]1CC[C@H](CCc2ccc(-c3cc(F)c(F)nc3Cl)cc2)CC1. The van der Waals surface area contributed by atoms with Crippen LogP contribution in [-0.2, 0) is 6.42 Å². The van der Waals surface area contributed by atoms with E-state index in [2.05, 4.69) is 24.0 Å². The van der Waals surface area contributed by atoms with Crippen LogP contribution in [-0.4, -0.2) is 4.98 Å². The summed E-state index contributed by atoms with van der Waals surface area (Å²) in [5.74, 6) is -0.353. The molecule has 26 heavy (non-hydrogen) atoms. The van der Waals surface area contributed by atoms with E-state index in [4.69, 9.17) is 11.6 Å². The van der Waals surface area contributed by atoms with Crippen LogP contribution in [0, 0.1) is 23.6 Å². The minimum absolute atomic E-state index is 0.0134. The van der Waals surface area contributed by atoms with Crippen LogP contribution >= 0.6 is 11.6 Å². The van der Waals surface area contributed by atoms with Crippen molar-refractivity contribution < 1.29 is 8.78 Å². The van der Waals surface area contributed by atoms with E-state index in [9.17, 15) is 8.78 Å². The van der Waals surface area contributed by atoms with Crippen molar-refractivity contribution in [1.82, 2.24) is 4.98 Å². The second kappa shape index (κ2) is 8.94. The van der Waals surface area contributed by atoms with Gasteiger partial charge in [-0.2, -0.15) is 4.39 Å². The summed E-state index contributed by atoms with van der Waals surface area (Å²) in [6.45, 7) is 2.28. The number of hydrogen-bond donors (Lipinski definition) is 0. The average molecular weight is 378 g/mol. The van der Waals surface area contributed by atoms with Crippen molar-refractivity contribution in [1.29, 1.82) is 0 Å². The zero-order valence-electron chi connectivity index (χ0n) is 15.3. The maximum absolute atomic E-state index is 13.4. The quantitative estimate of drug-likeness (QED) is 0.484. The zero-order chi connectivity index (χ0) is 18.5. The van der Waals surface area contributed by atoms with E-state index in [-0.39, 0.29) is 5.15 Å². The van der Waals surface area contributed by atoms with Crippen molar-refractivity contribution in [2.45, 2.75) is 58.3 Å². The minimum atomic E-state index is -1.16. The average Bonchev–Trinajstić information content (AvgIpc) is 2.65. The Bertz CT molecular complexity index is 722. The number of benzene rings is 1. The highest BCUT2D eigenvalue weighted by Gasteiger charge is 2.20. The third kappa shape index (κ3) is 4.82. The fraction of sp³-hybridized carbons (Fsp3) is 0.500. The number of rotatable bonds is 6. The normalized spacial score (nSPS) is 20.3. The number of nitrogens with zero attached hydrogens (tertiary/aromatic N) is 1. The fourth-order valence-corrected chi connectivity index (χ4v) is 4.32. The van der Waals surface area contributed by atoms with E-state index in [1.54, 1.807) is 0 Å². The molecule has 1 aromatic carbocycles. The molecule has 1 fully saturated rings. The molecule has 0 aliphatic heterocycles. The molecule has 0 amide bonds. The van der Waals surface area contributed by atoms with Gasteiger partial charge in [-0.15, -0.1) is 0 Å². The predicted molar refractivity (Wildman–Crippen MR) is 103 cm³/mol. The molecule has 0 unspecified atom stereocenters. The lowest BCUT2D eigenvalue weighted by Crippen LogP contribution is -2.15. The molecular formula is C22H26ClF2N. The highest BCUT2D eigenvalue weighted by Crippen LogP contribution is 2.34. The zero-order valence-corrected chi connectivity index (χ0v) is 16.0. The highest BCUT2D eigenvalue weighted by atomic mass is 35.5. The summed E-state index contributed by atoms with van der Waals surface area (Å²) in [4.78, 5) is 3.41. The highest BCUT2D eigenvalue weighted by molar-refractivity contribution is 6.32. The van der Waals surface area contributed by atoms with Gasteiger partial charge in [-0.25, -0.2) is 9.37 Å². The van der Waals surface area contributed by atoms with Gasteiger partial charge in [0, 0.05) is 5.56 Å². The third-order valence-corrected chi connectivity index (χ3v) is 5.94. The van der Waals surface area contributed by atoms with Gasteiger partial charge in [0.25, 0.3) is 0 Å². The Balaban J connectivity index is 1.56. The molecule has 0 radical (unpaired) electrons. The Hall–Kier alpha value is -1.48. The molecule has 0 saturated heterocycles. The summed E-state index contributed by atoms with van der Waals surface area (Å²) in [6, 6.07) is 9.03. The molecular weight excluding hydrogens is 352 g/mol. The van der Waals surface area contributed by atoms with Gasteiger partial charge in [0.05, 0.1) is 0 Å². The van der Waals surface area contributed by atoms with Crippen molar-refractivity contribution in [2.24, 2.45) is 11.8 Å². The first-order chi connectivity index (χ1) is 12.6. The number of hydrogen-bond acceptors (Lipinski definition) is 1. The molecule has 1 saturated carbocycles. The Morgan fingerprint density at radius 3 is 2.23 bits per heavy atom. The van der Waals surface area contributed by atoms with Crippen molar-refractivity contribution in [3.63, 3.8) is 0 Å². The van der Waals surface area contributed by atoms with Crippen LogP contribution < -0.4 is 0 Å². The molecule has 1 aromatic heterocycles. The van der Waals surface area contributed by atoms with Gasteiger partial charge in [0.2, 0.25) is 5.95 Å². The van der Waals surface area contributed by atoms with Gasteiger partial charge >= 0.3 is 0 Å². The Kier molecular flexibility index (Phi) is 6.63. The first-order valence-corrected chi connectivity index (χ1v) is 10.1. The number of halogens is 3. The Morgan fingerprint density at radius 2 is 1.62 bits per heavy atom. The van der Waals surface area contributed by atoms with Crippen LogP contribution in [0.4, 0.5) is 8.78 Å². The van der Waals surface area contributed by atoms with Gasteiger partial charge < -0.3 is 0 Å². The van der Waals surface area contributed by atoms with Gasteiger partial charge in [-0.1, -0.05) is 81.3 Å². The number of aromatic nitrogens is 1. The first kappa shape index (κ1) is 19.3. The van der Waals surface area contributed by atoms with Crippen LogP contribution in [0.5, 0.6) is 0 Å². The Morgan fingerprint density at radius 1 is 1.00 bits per heavy atom. The Labute approximate surface area is 159 Å². The smallest absolute Gasteiger partial charge is 0.205 e. The molecule has 3 rings (SSSR count). The molecule has 1 heterocycles. The van der Waals surface area contributed by atoms with E-state index < -0.39 is 11.8 Å². The van der Waals surface area contributed by atoms with Crippen molar-refractivity contribution in [3.05, 3.63) is 52.8 Å². The largest absolute Gasteiger partial charge is 0.250 e. The fourth-order valence-electron chi connectivity index (χ4n) is 4.09. The molecule has 4 heteroatoms. The maximum atomic E-state index is 13.4. The molecule has 140 valence electrons. The molecule has 2 aromatic rings. The third-order valence-electron chi connectivity index (χ3n) is 5.66. The van der Waals surface area contributed by atoms with Gasteiger partial charge in [0.15, 0.2) is 5.82 Å². The molecule has 0 N–H and O–H groups in total. The molecule has 0 atom stereocenters. The summed E-state index contributed by atoms with van der Waals surface area (Å²) in [5, 5.41) is -0.0134. The topological polar surface area (TPSA) is 12.9 Å². The minimum Gasteiger partial charge on any atom is -0.205 e. The lowest BCUT2D eigenvalue weighted by molar-refractivity contribution is 0.252. The lowest BCUT2D eigenvalue weighted by Gasteiger charge is -2.28. The molecule has 0 spiro atoms. The molecule has 1 aliphatic carbocycles. The first-order valence-electron chi connectivity index (χ1n) is 9.67. The summed E-state index contributed by atoms with van der Waals surface area (Å²) in [7, 11) is 0. The predicted octanol–water partition coefficient (Wildman–Crippen LogP) is 7.22. The molecule has 1 aliphatic rings. The number of aryl methyl sites for hydroxylation is 1. The van der Waals surface area contributed by atoms with E-state index in [1.165, 1.54) is 50.5 Å². The van der Waals surface area contributed by atoms with E-state index >= 15 is 0 Å². The van der Waals surface area contributed by atoms with E-state index in [1.807, 2.05) is 12.1 Å². The van der Waals surface area contributed by atoms with E-state index in [0.717, 1.165) is 29.9 Å². The van der Waals surface area contributed by atoms with Crippen LogP contribution in [0.1, 0.15) is 57.4 Å². The van der Waals surface area contributed by atoms with Crippen LogP contribution in [0.3, 0.4) is 0 Å². The van der Waals surface area contributed by atoms with Crippen molar-refractivity contribution >= 4 is 11.6 Å². The monoisotopic (exact) mass is 377 g/mol. The molecule has 1 nitrogen and oxygen atoms in total. The van der Waals surface area contributed by atoms with Gasteiger partial charge in [-0.05, 0) is 41.9 Å². The summed E-state index contributed by atoms with van der Waals surface area (Å²) in [5.41, 5.74) is 2.45.